The molecule has 0 saturated heterocycles. The Morgan fingerprint density at radius 3 is 2.75 bits per heavy atom. The van der Waals surface area contributed by atoms with Gasteiger partial charge in [0.1, 0.15) is 0 Å². The van der Waals surface area contributed by atoms with E-state index >= 15 is 0 Å². The van der Waals surface area contributed by atoms with Gasteiger partial charge in [-0.25, -0.2) is 4.99 Å². The molecule has 0 radical (unpaired) electrons. The van der Waals surface area contributed by atoms with Gasteiger partial charge < -0.3 is 10.3 Å². The van der Waals surface area contributed by atoms with Crippen LogP contribution >= 0.6 is 0 Å². The molecule has 0 aromatic heterocycles. The first kappa shape index (κ1) is 11.2. The first-order chi connectivity index (χ1) is 7.61. The average Bonchev–Trinajstić information content (AvgIpc) is 2.28. The van der Waals surface area contributed by atoms with E-state index in [9.17, 15) is 5.02 Å². The number of hydrogen-bond acceptors (Lipinski definition) is 3. The highest BCUT2D eigenvalue weighted by Gasteiger charge is 2.25. The molecule has 1 unspecified atom stereocenters. The molecule has 16 heavy (non-hydrogen) atoms. The number of rotatable bonds is 2. The highest BCUT2D eigenvalue weighted by Crippen LogP contribution is 2.30. The summed E-state index contributed by atoms with van der Waals surface area (Å²) in [7, 11) is -0.633. The highest BCUT2D eigenvalue weighted by atomic mass is 16.2. The van der Waals surface area contributed by atoms with E-state index in [1.54, 1.807) is 6.34 Å². The Balaban J connectivity index is 2.49. The molecule has 3 nitrogen and oxygen atoms in total. The van der Waals surface area contributed by atoms with Crippen LogP contribution in [0.5, 0.6) is 0 Å². The minimum atomic E-state index is -0.633. The summed E-state index contributed by atoms with van der Waals surface area (Å²) in [5.41, 5.74) is 3.01. The minimum Gasteiger partial charge on any atom is -0.429 e. The normalized spacial score (nSPS) is 15.9. The molecule has 0 saturated carbocycles. The Labute approximate surface area is 96.7 Å². The van der Waals surface area contributed by atoms with Crippen LogP contribution in [0.3, 0.4) is 0 Å². The van der Waals surface area contributed by atoms with Gasteiger partial charge in [0, 0.05) is 5.46 Å². The molecule has 84 valence electrons. The Hall–Kier alpha value is -1.29. The third kappa shape index (κ3) is 1.85. The summed E-state index contributed by atoms with van der Waals surface area (Å²) >= 11 is 0. The lowest BCUT2D eigenvalue weighted by Gasteiger charge is -2.22. The fourth-order valence-corrected chi connectivity index (χ4v) is 1.94. The molecule has 2 rings (SSSR count). The van der Waals surface area contributed by atoms with E-state index in [0.717, 1.165) is 11.2 Å². The van der Waals surface area contributed by atoms with E-state index in [4.69, 9.17) is 0 Å². The molecule has 0 spiro atoms. The van der Waals surface area contributed by atoms with Gasteiger partial charge >= 0.3 is 7.05 Å². The molecule has 0 fully saturated rings. The standard InChI is InChI=1S/C12H17BN2O/c1-8(2)9(3)10-5-4-6-11-12(10)14-7-15-13(11)16/h4-9,16H,1-3H3,(H,14,15). The van der Waals surface area contributed by atoms with Crippen LogP contribution in [0.1, 0.15) is 32.3 Å². The van der Waals surface area contributed by atoms with Gasteiger partial charge in [-0.2, -0.15) is 0 Å². The van der Waals surface area contributed by atoms with Crippen molar-refractivity contribution in [1.29, 1.82) is 0 Å². The summed E-state index contributed by atoms with van der Waals surface area (Å²) in [5.74, 6) is 1.01. The van der Waals surface area contributed by atoms with Gasteiger partial charge in [-0.3, -0.25) is 0 Å². The quantitative estimate of drug-likeness (QED) is 0.734. The van der Waals surface area contributed by atoms with Gasteiger partial charge in [-0.15, -0.1) is 0 Å². The van der Waals surface area contributed by atoms with Crippen LogP contribution in [-0.2, 0) is 0 Å². The zero-order valence-corrected chi connectivity index (χ0v) is 9.94. The SMILES string of the molecule is CC(C)C(C)c1cccc2c1N=CNB2O. The largest absolute Gasteiger partial charge is 0.449 e. The van der Waals surface area contributed by atoms with E-state index in [1.807, 2.05) is 12.1 Å². The second-order valence-corrected chi connectivity index (χ2v) is 4.65. The second kappa shape index (κ2) is 4.30. The smallest absolute Gasteiger partial charge is 0.429 e. The zero-order chi connectivity index (χ0) is 11.7. The number of hydrogen-bond donors (Lipinski definition) is 2. The predicted molar refractivity (Wildman–Crippen MR) is 68.6 cm³/mol. The van der Waals surface area contributed by atoms with Crippen LogP contribution in [0.25, 0.3) is 0 Å². The molecular formula is C12H17BN2O. The topological polar surface area (TPSA) is 44.6 Å². The fraction of sp³-hybridized carbons (Fsp3) is 0.417. The molecule has 0 aliphatic carbocycles. The molecule has 1 atom stereocenters. The van der Waals surface area contributed by atoms with E-state index < -0.39 is 7.05 Å². The van der Waals surface area contributed by atoms with E-state index in [0.29, 0.717) is 11.8 Å². The van der Waals surface area contributed by atoms with Crippen molar-refractivity contribution < 1.29 is 5.02 Å². The van der Waals surface area contributed by atoms with Crippen LogP contribution < -0.4 is 10.7 Å². The van der Waals surface area contributed by atoms with Crippen molar-refractivity contribution in [1.82, 2.24) is 5.23 Å². The van der Waals surface area contributed by atoms with E-state index in [2.05, 4.69) is 37.1 Å². The molecule has 1 heterocycles. The molecule has 2 N–H and O–H groups in total. The lowest BCUT2D eigenvalue weighted by molar-refractivity contribution is 0.535. The van der Waals surface area contributed by atoms with Crippen LogP contribution in [-0.4, -0.2) is 18.4 Å². The van der Waals surface area contributed by atoms with Crippen molar-refractivity contribution >= 4 is 24.5 Å². The molecule has 1 aliphatic rings. The number of benzene rings is 1. The summed E-state index contributed by atoms with van der Waals surface area (Å²) in [5, 5.41) is 12.6. The zero-order valence-electron chi connectivity index (χ0n) is 9.94. The maximum Gasteiger partial charge on any atom is 0.449 e. The van der Waals surface area contributed by atoms with Crippen molar-refractivity contribution in [3.05, 3.63) is 23.8 Å². The highest BCUT2D eigenvalue weighted by molar-refractivity contribution is 6.67. The Bertz CT molecular complexity index is 417. The molecular weight excluding hydrogens is 199 g/mol. The average molecular weight is 216 g/mol. The maximum absolute atomic E-state index is 9.80. The van der Waals surface area contributed by atoms with Crippen molar-refractivity contribution in [2.45, 2.75) is 26.7 Å². The van der Waals surface area contributed by atoms with Crippen LogP contribution in [0.15, 0.2) is 23.2 Å². The maximum atomic E-state index is 9.80. The van der Waals surface area contributed by atoms with Crippen molar-refractivity contribution in [2.24, 2.45) is 10.9 Å². The second-order valence-electron chi connectivity index (χ2n) is 4.65. The molecule has 0 bridgehead atoms. The van der Waals surface area contributed by atoms with Crippen LogP contribution in [0.2, 0.25) is 0 Å². The first-order valence-corrected chi connectivity index (χ1v) is 5.70. The van der Waals surface area contributed by atoms with Gasteiger partial charge in [-0.1, -0.05) is 39.0 Å². The summed E-state index contributed by atoms with van der Waals surface area (Å²) in [6.45, 7) is 6.60. The summed E-state index contributed by atoms with van der Waals surface area (Å²) < 4.78 is 0. The molecule has 1 aliphatic heterocycles. The van der Waals surface area contributed by atoms with E-state index in [-0.39, 0.29) is 0 Å². The number of fused-ring (bicyclic) bond motifs is 1. The van der Waals surface area contributed by atoms with Gasteiger partial charge in [0.15, 0.2) is 0 Å². The monoisotopic (exact) mass is 216 g/mol. The number of nitrogens with one attached hydrogen (secondary N) is 1. The van der Waals surface area contributed by atoms with Gasteiger partial charge in [-0.05, 0) is 17.4 Å². The van der Waals surface area contributed by atoms with Gasteiger partial charge in [0.2, 0.25) is 0 Å². The lowest BCUT2D eigenvalue weighted by atomic mass is 9.70. The Morgan fingerprint density at radius 2 is 2.06 bits per heavy atom. The molecule has 0 amide bonds. The Morgan fingerprint density at radius 1 is 1.31 bits per heavy atom. The van der Waals surface area contributed by atoms with Crippen molar-refractivity contribution in [3.63, 3.8) is 0 Å². The molecule has 4 heteroatoms. The van der Waals surface area contributed by atoms with E-state index in [1.165, 1.54) is 5.56 Å². The Kier molecular flexibility index (Phi) is 3.01. The van der Waals surface area contributed by atoms with Gasteiger partial charge in [0.25, 0.3) is 0 Å². The van der Waals surface area contributed by atoms with Crippen molar-refractivity contribution in [3.8, 4) is 0 Å². The number of para-hydroxylation sites is 1. The third-order valence-corrected chi connectivity index (χ3v) is 3.31. The van der Waals surface area contributed by atoms with Gasteiger partial charge in [0.05, 0.1) is 12.0 Å². The van der Waals surface area contributed by atoms with Crippen LogP contribution in [0.4, 0.5) is 5.69 Å². The molecule has 1 aromatic rings. The van der Waals surface area contributed by atoms with Crippen molar-refractivity contribution in [2.75, 3.05) is 0 Å². The predicted octanol–water partition coefficient (Wildman–Crippen LogP) is 1.40. The minimum absolute atomic E-state index is 0.442. The molecule has 1 aromatic carbocycles. The summed E-state index contributed by atoms with van der Waals surface area (Å²) in [6.07, 6.45) is 1.57. The number of nitrogens with zero attached hydrogens (tertiary/aromatic N) is 1. The lowest BCUT2D eigenvalue weighted by Crippen LogP contribution is -2.47. The van der Waals surface area contributed by atoms with Crippen LogP contribution in [0, 0.1) is 5.92 Å². The number of aliphatic imine (C=N–C) groups is 1. The first-order valence-electron chi connectivity index (χ1n) is 5.70. The summed E-state index contributed by atoms with van der Waals surface area (Å²) in [4.78, 5) is 4.35. The summed E-state index contributed by atoms with van der Waals surface area (Å²) in [6, 6.07) is 6.00. The fourth-order valence-electron chi connectivity index (χ4n) is 1.94. The third-order valence-electron chi connectivity index (χ3n) is 3.31.